The molecule has 0 atom stereocenters. The predicted octanol–water partition coefficient (Wildman–Crippen LogP) is 3.39. The van der Waals surface area contributed by atoms with Crippen molar-refractivity contribution in [3.05, 3.63) is 54.1 Å². The average molecular weight is 257 g/mol. The van der Waals surface area contributed by atoms with Gasteiger partial charge in [-0.2, -0.15) is 0 Å². The van der Waals surface area contributed by atoms with Crippen LogP contribution < -0.4 is 16.4 Å². The molecule has 2 aromatic rings. The summed E-state index contributed by atoms with van der Waals surface area (Å²) >= 11 is 5.24. The Labute approximate surface area is 112 Å². The molecule has 0 aliphatic carbocycles. The number of nitrogen functional groups attached to an aromatic ring is 1. The van der Waals surface area contributed by atoms with Crippen LogP contribution in [-0.2, 0) is 0 Å². The van der Waals surface area contributed by atoms with Crippen LogP contribution >= 0.6 is 12.2 Å². The summed E-state index contributed by atoms with van der Waals surface area (Å²) in [5.74, 6) is 0. The Morgan fingerprint density at radius 2 is 1.83 bits per heavy atom. The molecule has 0 unspecified atom stereocenters. The van der Waals surface area contributed by atoms with E-state index in [1.807, 2.05) is 55.5 Å². The first kappa shape index (κ1) is 12.4. The molecular weight excluding hydrogens is 242 g/mol. The number of benzene rings is 2. The van der Waals surface area contributed by atoms with Crippen molar-refractivity contribution in [3.8, 4) is 0 Å². The molecule has 92 valence electrons. The summed E-state index contributed by atoms with van der Waals surface area (Å²) < 4.78 is 0. The summed E-state index contributed by atoms with van der Waals surface area (Å²) in [6.45, 7) is 2.04. The van der Waals surface area contributed by atoms with E-state index in [1.165, 1.54) is 5.56 Å². The minimum atomic E-state index is 0.526. The fourth-order valence-corrected chi connectivity index (χ4v) is 1.85. The van der Waals surface area contributed by atoms with Gasteiger partial charge in [-0.15, -0.1) is 0 Å². The van der Waals surface area contributed by atoms with Crippen LogP contribution in [0.25, 0.3) is 0 Å². The maximum Gasteiger partial charge on any atom is 0.175 e. The van der Waals surface area contributed by atoms with Crippen LogP contribution in [-0.4, -0.2) is 5.11 Å². The number of thiocarbonyl (C=S) groups is 1. The summed E-state index contributed by atoms with van der Waals surface area (Å²) in [5, 5.41) is 6.72. The smallest absolute Gasteiger partial charge is 0.175 e. The lowest BCUT2D eigenvalue weighted by Crippen LogP contribution is -2.19. The van der Waals surface area contributed by atoms with Gasteiger partial charge in [0.25, 0.3) is 0 Å². The van der Waals surface area contributed by atoms with E-state index in [9.17, 15) is 0 Å². The van der Waals surface area contributed by atoms with E-state index in [4.69, 9.17) is 18.0 Å². The minimum Gasteiger partial charge on any atom is -0.397 e. The standard InChI is InChI=1S/C14H15N3S/c1-10-5-4-6-11(9-10)16-14(18)17-13-8-3-2-7-12(13)15/h2-9H,15H2,1H3,(H2,16,17,18). The van der Waals surface area contributed by atoms with E-state index in [1.54, 1.807) is 0 Å². The van der Waals surface area contributed by atoms with Crippen LogP contribution in [0.2, 0.25) is 0 Å². The van der Waals surface area contributed by atoms with Crippen LogP contribution in [0.4, 0.5) is 17.1 Å². The summed E-state index contributed by atoms with van der Waals surface area (Å²) in [6, 6.07) is 15.5. The number of rotatable bonds is 2. The number of anilines is 3. The third-order valence-electron chi connectivity index (χ3n) is 2.48. The van der Waals surface area contributed by atoms with Gasteiger partial charge in [0.1, 0.15) is 0 Å². The Bertz CT molecular complexity index is 566. The monoisotopic (exact) mass is 257 g/mol. The van der Waals surface area contributed by atoms with Crippen molar-refractivity contribution in [2.45, 2.75) is 6.92 Å². The Hall–Kier alpha value is -2.07. The van der Waals surface area contributed by atoms with Gasteiger partial charge in [0.05, 0.1) is 11.4 Å². The van der Waals surface area contributed by atoms with E-state index in [0.717, 1.165) is 11.4 Å². The first-order chi connectivity index (χ1) is 8.65. The maximum atomic E-state index is 5.84. The summed E-state index contributed by atoms with van der Waals surface area (Å²) in [4.78, 5) is 0. The lowest BCUT2D eigenvalue weighted by molar-refractivity contribution is 1.46. The lowest BCUT2D eigenvalue weighted by Gasteiger charge is -2.12. The number of hydrogen-bond acceptors (Lipinski definition) is 2. The molecule has 3 nitrogen and oxygen atoms in total. The summed E-state index contributed by atoms with van der Waals surface area (Å²) in [7, 11) is 0. The van der Waals surface area contributed by atoms with Gasteiger partial charge >= 0.3 is 0 Å². The highest BCUT2D eigenvalue weighted by Gasteiger charge is 2.01. The highest BCUT2D eigenvalue weighted by Crippen LogP contribution is 2.17. The fraction of sp³-hybridized carbons (Fsp3) is 0.0714. The molecule has 0 fully saturated rings. The zero-order chi connectivity index (χ0) is 13.0. The van der Waals surface area contributed by atoms with Crippen molar-refractivity contribution in [1.82, 2.24) is 0 Å². The second-order valence-corrected chi connectivity index (χ2v) is 4.44. The number of nitrogens with one attached hydrogen (secondary N) is 2. The Kier molecular flexibility index (Phi) is 3.79. The third kappa shape index (κ3) is 3.21. The first-order valence-electron chi connectivity index (χ1n) is 5.64. The first-order valence-corrected chi connectivity index (χ1v) is 6.05. The minimum absolute atomic E-state index is 0.526. The molecule has 18 heavy (non-hydrogen) atoms. The van der Waals surface area contributed by atoms with Crippen LogP contribution in [0.5, 0.6) is 0 Å². The Morgan fingerprint density at radius 3 is 2.56 bits per heavy atom. The van der Waals surface area contributed by atoms with Crippen LogP contribution in [0.3, 0.4) is 0 Å². The van der Waals surface area contributed by atoms with Crippen LogP contribution in [0.1, 0.15) is 5.56 Å². The molecular formula is C14H15N3S. The molecule has 4 heteroatoms. The van der Waals surface area contributed by atoms with Gasteiger partial charge in [0, 0.05) is 5.69 Å². The van der Waals surface area contributed by atoms with Gasteiger partial charge in [-0.25, -0.2) is 0 Å². The Morgan fingerprint density at radius 1 is 1.06 bits per heavy atom. The molecule has 4 N–H and O–H groups in total. The van der Waals surface area contributed by atoms with Crippen LogP contribution in [0, 0.1) is 6.92 Å². The van der Waals surface area contributed by atoms with Gasteiger partial charge < -0.3 is 16.4 Å². The molecule has 0 aliphatic rings. The molecule has 0 saturated heterocycles. The molecule has 0 saturated carbocycles. The van der Waals surface area contributed by atoms with E-state index in [2.05, 4.69) is 10.6 Å². The normalized spacial score (nSPS) is 9.83. The van der Waals surface area contributed by atoms with Crippen molar-refractivity contribution in [3.63, 3.8) is 0 Å². The molecule has 0 bridgehead atoms. The van der Waals surface area contributed by atoms with Gasteiger partial charge in [-0.05, 0) is 49.0 Å². The Balaban J connectivity index is 2.03. The second-order valence-electron chi connectivity index (χ2n) is 4.04. The van der Waals surface area contributed by atoms with E-state index < -0.39 is 0 Å². The van der Waals surface area contributed by atoms with Gasteiger partial charge in [-0.3, -0.25) is 0 Å². The largest absolute Gasteiger partial charge is 0.397 e. The molecule has 0 radical (unpaired) electrons. The molecule has 0 aromatic heterocycles. The zero-order valence-electron chi connectivity index (χ0n) is 10.1. The maximum absolute atomic E-state index is 5.84. The number of nitrogens with two attached hydrogens (primary N) is 1. The highest BCUT2D eigenvalue weighted by atomic mass is 32.1. The molecule has 0 aliphatic heterocycles. The van der Waals surface area contributed by atoms with E-state index in [0.29, 0.717) is 10.8 Å². The molecule has 0 heterocycles. The van der Waals surface area contributed by atoms with Crippen molar-refractivity contribution in [1.29, 1.82) is 0 Å². The van der Waals surface area contributed by atoms with Gasteiger partial charge in [-0.1, -0.05) is 24.3 Å². The fourth-order valence-electron chi connectivity index (χ4n) is 1.62. The average Bonchev–Trinajstić information content (AvgIpc) is 2.32. The second kappa shape index (κ2) is 5.51. The van der Waals surface area contributed by atoms with Crippen molar-refractivity contribution >= 4 is 34.4 Å². The van der Waals surface area contributed by atoms with E-state index >= 15 is 0 Å². The van der Waals surface area contributed by atoms with Crippen molar-refractivity contribution < 1.29 is 0 Å². The quantitative estimate of drug-likeness (QED) is 0.570. The lowest BCUT2D eigenvalue weighted by atomic mass is 10.2. The SMILES string of the molecule is Cc1cccc(NC(=S)Nc2ccccc2N)c1. The zero-order valence-corrected chi connectivity index (χ0v) is 10.9. The van der Waals surface area contributed by atoms with Gasteiger partial charge in [0.15, 0.2) is 5.11 Å². The molecule has 2 aromatic carbocycles. The number of hydrogen-bond donors (Lipinski definition) is 3. The topological polar surface area (TPSA) is 50.1 Å². The number of aryl methyl sites for hydroxylation is 1. The highest BCUT2D eigenvalue weighted by molar-refractivity contribution is 7.80. The van der Waals surface area contributed by atoms with Gasteiger partial charge in [0.2, 0.25) is 0 Å². The predicted molar refractivity (Wildman–Crippen MR) is 81.9 cm³/mol. The molecule has 2 rings (SSSR count). The molecule has 0 spiro atoms. The summed E-state index contributed by atoms with van der Waals surface area (Å²) in [5.41, 5.74) is 9.46. The summed E-state index contributed by atoms with van der Waals surface area (Å²) in [6.07, 6.45) is 0. The van der Waals surface area contributed by atoms with Crippen molar-refractivity contribution in [2.75, 3.05) is 16.4 Å². The molecule has 0 amide bonds. The van der Waals surface area contributed by atoms with Crippen molar-refractivity contribution in [2.24, 2.45) is 0 Å². The van der Waals surface area contributed by atoms with Crippen LogP contribution in [0.15, 0.2) is 48.5 Å². The van der Waals surface area contributed by atoms with E-state index in [-0.39, 0.29) is 0 Å². The number of para-hydroxylation sites is 2. The third-order valence-corrected chi connectivity index (χ3v) is 2.69.